The van der Waals surface area contributed by atoms with E-state index in [4.69, 9.17) is 17.3 Å². The standard InChI is InChI=1S/C8H10ClNO/c9-5-8(11)6-1-3-7(10)4-2-6/h1-4,8,11H,5,10H2. The minimum atomic E-state index is -0.586. The van der Waals surface area contributed by atoms with Crippen LogP contribution in [0.3, 0.4) is 0 Å². The number of hydrogen-bond donors (Lipinski definition) is 2. The van der Waals surface area contributed by atoms with Gasteiger partial charge in [0.1, 0.15) is 0 Å². The van der Waals surface area contributed by atoms with Crippen molar-refractivity contribution in [2.24, 2.45) is 0 Å². The molecule has 11 heavy (non-hydrogen) atoms. The molecule has 3 heteroatoms. The molecule has 1 unspecified atom stereocenters. The van der Waals surface area contributed by atoms with Gasteiger partial charge in [0.05, 0.1) is 12.0 Å². The van der Waals surface area contributed by atoms with Crippen LogP contribution < -0.4 is 5.73 Å². The molecule has 3 N–H and O–H groups in total. The Kier molecular flexibility index (Phi) is 2.74. The van der Waals surface area contributed by atoms with E-state index in [0.717, 1.165) is 5.56 Å². The first-order valence-electron chi connectivity index (χ1n) is 3.33. The molecule has 1 rings (SSSR count). The van der Waals surface area contributed by atoms with E-state index < -0.39 is 6.10 Å². The first-order chi connectivity index (χ1) is 5.24. The van der Waals surface area contributed by atoms with Crippen LogP contribution in [-0.4, -0.2) is 11.0 Å². The molecular formula is C8H10ClNO. The molecule has 0 amide bonds. The van der Waals surface area contributed by atoms with E-state index in [-0.39, 0.29) is 5.88 Å². The first kappa shape index (κ1) is 8.37. The van der Waals surface area contributed by atoms with E-state index in [1.807, 2.05) is 0 Å². The number of aliphatic hydroxyl groups excluding tert-OH is 1. The fourth-order valence-corrected chi connectivity index (χ4v) is 0.985. The van der Waals surface area contributed by atoms with Crippen molar-refractivity contribution in [2.45, 2.75) is 6.10 Å². The predicted molar refractivity (Wildman–Crippen MR) is 46.5 cm³/mol. The molecular weight excluding hydrogens is 162 g/mol. The number of alkyl halides is 1. The van der Waals surface area contributed by atoms with Crippen LogP contribution in [0.4, 0.5) is 5.69 Å². The molecule has 0 aliphatic heterocycles. The predicted octanol–water partition coefficient (Wildman–Crippen LogP) is 1.54. The van der Waals surface area contributed by atoms with Crippen LogP contribution in [0.25, 0.3) is 0 Å². The van der Waals surface area contributed by atoms with Gasteiger partial charge in [-0.3, -0.25) is 0 Å². The summed E-state index contributed by atoms with van der Waals surface area (Å²) in [5.74, 6) is 0.212. The average Bonchev–Trinajstić information content (AvgIpc) is 2.05. The lowest BCUT2D eigenvalue weighted by Gasteiger charge is -2.05. The topological polar surface area (TPSA) is 46.2 Å². The summed E-state index contributed by atoms with van der Waals surface area (Å²) in [5.41, 5.74) is 6.94. The summed E-state index contributed by atoms with van der Waals surface area (Å²) in [6.07, 6.45) is -0.586. The summed E-state index contributed by atoms with van der Waals surface area (Å²) in [7, 11) is 0. The highest BCUT2D eigenvalue weighted by Crippen LogP contribution is 2.15. The number of nitrogens with two attached hydrogens (primary N) is 1. The molecule has 0 radical (unpaired) electrons. The molecule has 0 aliphatic carbocycles. The monoisotopic (exact) mass is 171 g/mol. The van der Waals surface area contributed by atoms with Crippen molar-refractivity contribution >= 4 is 17.3 Å². The van der Waals surface area contributed by atoms with Crippen LogP contribution in [0.1, 0.15) is 11.7 Å². The Labute approximate surface area is 70.6 Å². The largest absolute Gasteiger partial charge is 0.399 e. The highest BCUT2D eigenvalue weighted by Gasteiger charge is 2.03. The van der Waals surface area contributed by atoms with Gasteiger partial charge >= 0.3 is 0 Å². The van der Waals surface area contributed by atoms with E-state index in [1.165, 1.54) is 0 Å². The second-order valence-corrected chi connectivity index (χ2v) is 2.65. The lowest BCUT2D eigenvalue weighted by Crippen LogP contribution is -1.98. The van der Waals surface area contributed by atoms with Gasteiger partial charge in [0.25, 0.3) is 0 Å². The lowest BCUT2D eigenvalue weighted by atomic mass is 10.1. The van der Waals surface area contributed by atoms with Crippen LogP contribution in [-0.2, 0) is 0 Å². The van der Waals surface area contributed by atoms with Crippen molar-refractivity contribution in [1.29, 1.82) is 0 Å². The SMILES string of the molecule is Nc1ccc(C(O)CCl)cc1. The highest BCUT2D eigenvalue weighted by molar-refractivity contribution is 6.18. The zero-order chi connectivity index (χ0) is 8.27. The highest BCUT2D eigenvalue weighted by atomic mass is 35.5. The molecule has 0 aromatic heterocycles. The fraction of sp³-hybridized carbons (Fsp3) is 0.250. The number of hydrogen-bond acceptors (Lipinski definition) is 2. The molecule has 0 aliphatic rings. The Balaban J connectivity index is 2.81. The molecule has 0 fully saturated rings. The number of benzene rings is 1. The third kappa shape index (κ3) is 2.10. The molecule has 0 spiro atoms. The zero-order valence-electron chi connectivity index (χ0n) is 6.00. The molecule has 1 aromatic carbocycles. The number of halogens is 1. The summed E-state index contributed by atoms with van der Waals surface area (Å²) < 4.78 is 0. The lowest BCUT2D eigenvalue weighted by molar-refractivity contribution is 0.202. The summed E-state index contributed by atoms with van der Waals surface area (Å²) in [6, 6.07) is 7.01. The van der Waals surface area contributed by atoms with Crippen molar-refractivity contribution in [2.75, 3.05) is 11.6 Å². The van der Waals surface area contributed by atoms with Gasteiger partial charge in [0, 0.05) is 5.69 Å². The average molecular weight is 172 g/mol. The summed E-state index contributed by atoms with van der Waals surface area (Å²) in [4.78, 5) is 0. The van der Waals surface area contributed by atoms with E-state index in [2.05, 4.69) is 0 Å². The molecule has 60 valence electrons. The van der Waals surface area contributed by atoms with Crippen molar-refractivity contribution in [3.63, 3.8) is 0 Å². The van der Waals surface area contributed by atoms with Gasteiger partial charge in [0.15, 0.2) is 0 Å². The second kappa shape index (κ2) is 3.60. The van der Waals surface area contributed by atoms with Crippen molar-refractivity contribution in [3.8, 4) is 0 Å². The molecule has 1 aromatic rings. The Morgan fingerprint density at radius 2 is 1.91 bits per heavy atom. The van der Waals surface area contributed by atoms with Gasteiger partial charge in [-0.05, 0) is 17.7 Å². The van der Waals surface area contributed by atoms with Crippen LogP contribution >= 0.6 is 11.6 Å². The maximum atomic E-state index is 9.25. The smallest absolute Gasteiger partial charge is 0.0925 e. The Hall–Kier alpha value is -0.730. The molecule has 0 heterocycles. The van der Waals surface area contributed by atoms with Crippen molar-refractivity contribution < 1.29 is 5.11 Å². The Bertz CT molecular complexity index is 222. The van der Waals surface area contributed by atoms with E-state index in [0.29, 0.717) is 5.69 Å². The second-order valence-electron chi connectivity index (χ2n) is 2.34. The third-order valence-electron chi connectivity index (χ3n) is 1.47. The molecule has 2 nitrogen and oxygen atoms in total. The Morgan fingerprint density at radius 3 is 2.36 bits per heavy atom. The maximum absolute atomic E-state index is 9.25. The van der Waals surface area contributed by atoms with Crippen LogP contribution in [0.15, 0.2) is 24.3 Å². The molecule has 0 bridgehead atoms. The van der Waals surface area contributed by atoms with Crippen molar-refractivity contribution in [1.82, 2.24) is 0 Å². The number of nitrogen functional groups attached to an aromatic ring is 1. The van der Waals surface area contributed by atoms with Crippen molar-refractivity contribution in [3.05, 3.63) is 29.8 Å². The van der Waals surface area contributed by atoms with E-state index in [9.17, 15) is 5.11 Å². The molecule has 0 saturated carbocycles. The summed E-state index contributed by atoms with van der Waals surface area (Å²) in [6.45, 7) is 0. The van der Waals surface area contributed by atoms with Crippen LogP contribution in [0, 0.1) is 0 Å². The van der Waals surface area contributed by atoms with E-state index in [1.54, 1.807) is 24.3 Å². The third-order valence-corrected chi connectivity index (χ3v) is 1.76. The molecule has 1 atom stereocenters. The Morgan fingerprint density at radius 1 is 1.36 bits per heavy atom. The minimum Gasteiger partial charge on any atom is -0.399 e. The number of aliphatic hydroxyl groups is 1. The number of anilines is 1. The maximum Gasteiger partial charge on any atom is 0.0925 e. The fourth-order valence-electron chi connectivity index (χ4n) is 0.807. The minimum absolute atomic E-state index is 0.212. The quantitative estimate of drug-likeness (QED) is 0.524. The van der Waals surface area contributed by atoms with Gasteiger partial charge in [-0.1, -0.05) is 12.1 Å². The summed E-state index contributed by atoms with van der Waals surface area (Å²) >= 11 is 5.45. The van der Waals surface area contributed by atoms with Gasteiger partial charge in [-0.25, -0.2) is 0 Å². The molecule has 0 saturated heterocycles. The van der Waals surface area contributed by atoms with E-state index >= 15 is 0 Å². The number of rotatable bonds is 2. The normalized spacial score (nSPS) is 12.9. The van der Waals surface area contributed by atoms with Gasteiger partial charge in [0.2, 0.25) is 0 Å². The zero-order valence-corrected chi connectivity index (χ0v) is 6.75. The summed E-state index contributed by atoms with van der Waals surface area (Å²) in [5, 5.41) is 9.25. The van der Waals surface area contributed by atoms with Gasteiger partial charge in [-0.15, -0.1) is 11.6 Å². The van der Waals surface area contributed by atoms with Gasteiger partial charge < -0.3 is 10.8 Å². The first-order valence-corrected chi connectivity index (χ1v) is 3.87. The van der Waals surface area contributed by atoms with Crippen LogP contribution in [0.5, 0.6) is 0 Å². The van der Waals surface area contributed by atoms with Gasteiger partial charge in [-0.2, -0.15) is 0 Å². The van der Waals surface area contributed by atoms with Crippen LogP contribution in [0.2, 0.25) is 0 Å².